The van der Waals surface area contributed by atoms with Crippen LogP contribution in [-0.2, 0) is 0 Å². The van der Waals surface area contributed by atoms with Gasteiger partial charge in [-0.05, 0) is 62.0 Å². The van der Waals surface area contributed by atoms with Crippen LogP contribution in [0.1, 0.15) is 25.8 Å². The van der Waals surface area contributed by atoms with E-state index in [1.165, 1.54) is 35.2 Å². The third-order valence-electron chi connectivity index (χ3n) is 3.78. The van der Waals surface area contributed by atoms with E-state index in [2.05, 4.69) is 65.1 Å². The summed E-state index contributed by atoms with van der Waals surface area (Å²) in [5.41, 5.74) is 2.69. The molecule has 3 heteroatoms. The molecular weight excluding hydrogens is 300 g/mol. The molecule has 1 heterocycles. The van der Waals surface area contributed by atoms with Gasteiger partial charge in [0.1, 0.15) is 0 Å². The average Bonchev–Trinajstić information content (AvgIpc) is 2.81. The van der Waals surface area contributed by atoms with Crippen molar-refractivity contribution in [3.8, 4) is 0 Å². The number of benzene rings is 1. The van der Waals surface area contributed by atoms with Crippen LogP contribution in [0.5, 0.6) is 0 Å². The van der Waals surface area contributed by atoms with Crippen molar-refractivity contribution in [2.75, 3.05) is 31.1 Å². The fraction of sp³-hybridized carbons (Fsp3) is 0.625. The summed E-state index contributed by atoms with van der Waals surface area (Å²) in [7, 11) is 0. The molecular formula is C16H25BrN2. The Balaban J connectivity index is 1.85. The largest absolute Gasteiger partial charge is 0.371 e. The lowest BCUT2D eigenvalue weighted by Crippen LogP contribution is -2.28. The third-order valence-corrected chi connectivity index (χ3v) is 4.67. The van der Waals surface area contributed by atoms with Crippen LogP contribution in [0, 0.1) is 18.8 Å². The van der Waals surface area contributed by atoms with Crippen LogP contribution in [-0.4, -0.2) is 26.2 Å². The highest BCUT2D eigenvalue weighted by Gasteiger charge is 2.22. The van der Waals surface area contributed by atoms with Crippen molar-refractivity contribution < 1.29 is 0 Å². The number of rotatable bonds is 5. The van der Waals surface area contributed by atoms with Gasteiger partial charge in [0.2, 0.25) is 0 Å². The summed E-state index contributed by atoms with van der Waals surface area (Å²) in [5.74, 6) is 1.54. The second-order valence-electron chi connectivity index (χ2n) is 6.09. The summed E-state index contributed by atoms with van der Waals surface area (Å²) in [6.07, 6.45) is 1.31. The molecule has 0 aromatic heterocycles. The SMILES string of the molecule is Cc1cc(N2CCC(CNCC(C)C)C2)ccc1Br. The summed E-state index contributed by atoms with van der Waals surface area (Å²) >= 11 is 3.57. The van der Waals surface area contributed by atoms with E-state index < -0.39 is 0 Å². The van der Waals surface area contributed by atoms with Crippen LogP contribution >= 0.6 is 15.9 Å². The van der Waals surface area contributed by atoms with Crippen LogP contribution in [0.2, 0.25) is 0 Å². The molecule has 19 heavy (non-hydrogen) atoms. The maximum Gasteiger partial charge on any atom is 0.0369 e. The minimum absolute atomic E-state index is 0.742. The molecule has 1 aliphatic heterocycles. The molecule has 1 aliphatic rings. The molecule has 0 aliphatic carbocycles. The van der Waals surface area contributed by atoms with Crippen molar-refractivity contribution in [3.05, 3.63) is 28.2 Å². The molecule has 2 nitrogen and oxygen atoms in total. The zero-order valence-electron chi connectivity index (χ0n) is 12.2. The normalized spacial score (nSPS) is 19.4. The van der Waals surface area contributed by atoms with Crippen molar-refractivity contribution in [1.29, 1.82) is 0 Å². The van der Waals surface area contributed by atoms with Crippen molar-refractivity contribution in [2.24, 2.45) is 11.8 Å². The summed E-state index contributed by atoms with van der Waals surface area (Å²) in [6.45, 7) is 11.3. The van der Waals surface area contributed by atoms with E-state index in [9.17, 15) is 0 Å². The lowest BCUT2D eigenvalue weighted by Gasteiger charge is -2.20. The number of hydrogen-bond donors (Lipinski definition) is 1. The maximum absolute atomic E-state index is 3.59. The lowest BCUT2D eigenvalue weighted by atomic mass is 10.1. The Labute approximate surface area is 125 Å². The second kappa shape index (κ2) is 6.76. The Morgan fingerprint density at radius 1 is 1.42 bits per heavy atom. The number of halogens is 1. The van der Waals surface area contributed by atoms with E-state index in [1.54, 1.807) is 0 Å². The van der Waals surface area contributed by atoms with Crippen molar-refractivity contribution in [2.45, 2.75) is 27.2 Å². The van der Waals surface area contributed by atoms with Crippen LogP contribution < -0.4 is 10.2 Å². The number of nitrogens with one attached hydrogen (secondary N) is 1. The zero-order valence-corrected chi connectivity index (χ0v) is 13.8. The molecule has 1 aromatic carbocycles. The topological polar surface area (TPSA) is 15.3 Å². The monoisotopic (exact) mass is 324 g/mol. The molecule has 1 saturated heterocycles. The Morgan fingerprint density at radius 3 is 2.89 bits per heavy atom. The molecule has 2 rings (SSSR count). The summed E-state index contributed by atoms with van der Waals surface area (Å²) in [6, 6.07) is 6.67. The molecule has 1 fully saturated rings. The molecule has 1 atom stereocenters. The number of hydrogen-bond acceptors (Lipinski definition) is 2. The van der Waals surface area contributed by atoms with E-state index in [4.69, 9.17) is 0 Å². The van der Waals surface area contributed by atoms with Crippen LogP contribution in [0.15, 0.2) is 22.7 Å². The highest BCUT2D eigenvalue weighted by Crippen LogP contribution is 2.27. The predicted octanol–water partition coefficient (Wildman–Crippen LogP) is 3.83. The average molecular weight is 325 g/mol. The summed E-state index contributed by atoms with van der Waals surface area (Å²) in [5, 5.41) is 3.59. The molecule has 0 bridgehead atoms. The fourth-order valence-corrected chi connectivity index (χ4v) is 2.88. The first-order valence-electron chi connectivity index (χ1n) is 7.28. The second-order valence-corrected chi connectivity index (χ2v) is 6.94. The van der Waals surface area contributed by atoms with Gasteiger partial charge in [-0.25, -0.2) is 0 Å². The van der Waals surface area contributed by atoms with Gasteiger partial charge in [0.25, 0.3) is 0 Å². The number of nitrogens with zero attached hydrogens (tertiary/aromatic N) is 1. The van der Waals surface area contributed by atoms with Crippen LogP contribution in [0.4, 0.5) is 5.69 Å². The molecule has 0 amide bonds. The maximum atomic E-state index is 3.59. The smallest absolute Gasteiger partial charge is 0.0369 e. The number of aryl methyl sites for hydroxylation is 1. The van der Waals surface area contributed by atoms with Gasteiger partial charge in [0.05, 0.1) is 0 Å². The van der Waals surface area contributed by atoms with Gasteiger partial charge in [-0.15, -0.1) is 0 Å². The van der Waals surface area contributed by atoms with Gasteiger partial charge < -0.3 is 10.2 Å². The Bertz CT molecular complexity index is 417. The first-order chi connectivity index (χ1) is 9.06. The van der Waals surface area contributed by atoms with Crippen LogP contribution in [0.3, 0.4) is 0 Å². The molecule has 1 unspecified atom stereocenters. The fourth-order valence-electron chi connectivity index (χ4n) is 2.64. The Hall–Kier alpha value is -0.540. The Kier molecular flexibility index (Phi) is 5.28. The minimum Gasteiger partial charge on any atom is -0.371 e. The highest BCUT2D eigenvalue weighted by molar-refractivity contribution is 9.10. The molecule has 0 saturated carbocycles. The van der Waals surface area contributed by atoms with Gasteiger partial charge in [-0.2, -0.15) is 0 Å². The standard InChI is InChI=1S/C16H25BrN2/c1-12(2)9-18-10-14-6-7-19(11-14)15-4-5-16(17)13(3)8-15/h4-5,8,12,14,18H,6-7,9-11H2,1-3H3. The summed E-state index contributed by atoms with van der Waals surface area (Å²) < 4.78 is 1.20. The highest BCUT2D eigenvalue weighted by atomic mass is 79.9. The van der Waals surface area contributed by atoms with Crippen molar-refractivity contribution in [1.82, 2.24) is 5.32 Å². The predicted molar refractivity (Wildman–Crippen MR) is 86.9 cm³/mol. The minimum atomic E-state index is 0.742. The van der Waals surface area contributed by atoms with E-state index in [0.717, 1.165) is 24.9 Å². The first kappa shape index (κ1) is 14.9. The molecule has 106 valence electrons. The number of anilines is 1. The Morgan fingerprint density at radius 2 is 2.21 bits per heavy atom. The van der Waals surface area contributed by atoms with Gasteiger partial charge in [0, 0.05) is 23.2 Å². The molecule has 1 N–H and O–H groups in total. The van der Waals surface area contributed by atoms with Crippen molar-refractivity contribution in [3.63, 3.8) is 0 Å². The molecule has 1 aromatic rings. The zero-order chi connectivity index (χ0) is 13.8. The lowest BCUT2D eigenvalue weighted by molar-refractivity contribution is 0.477. The van der Waals surface area contributed by atoms with Crippen molar-refractivity contribution >= 4 is 21.6 Å². The van der Waals surface area contributed by atoms with E-state index in [-0.39, 0.29) is 0 Å². The summed E-state index contributed by atoms with van der Waals surface area (Å²) in [4.78, 5) is 2.52. The van der Waals surface area contributed by atoms with E-state index in [0.29, 0.717) is 0 Å². The van der Waals surface area contributed by atoms with Crippen LogP contribution in [0.25, 0.3) is 0 Å². The quantitative estimate of drug-likeness (QED) is 0.885. The van der Waals surface area contributed by atoms with Gasteiger partial charge in [0.15, 0.2) is 0 Å². The van der Waals surface area contributed by atoms with E-state index in [1.807, 2.05) is 0 Å². The van der Waals surface area contributed by atoms with Gasteiger partial charge in [-0.1, -0.05) is 29.8 Å². The van der Waals surface area contributed by atoms with E-state index >= 15 is 0 Å². The first-order valence-corrected chi connectivity index (χ1v) is 8.07. The van der Waals surface area contributed by atoms with Gasteiger partial charge in [-0.3, -0.25) is 0 Å². The molecule has 0 spiro atoms. The van der Waals surface area contributed by atoms with Gasteiger partial charge >= 0.3 is 0 Å². The third kappa shape index (κ3) is 4.22. The molecule has 0 radical (unpaired) electrons.